The molecule has 14 heavy (non-hydrogen) atoms. The average Bonchev–Trinajstić information content (AvgIpc) is 2.62. The number of hydrogen-bond donors (Lipinski definition) is 1. The summed E-state index contributed by atoms with van der Waals surface area (Å²) in [5.41, 5.74) is 0. The van der Waals surface area contributed by atoms with Crippen LogP contribution in [0.3, 0.4) is 0 Å². The van der Waals surface area contributed by atoms with E-state index in [0.717, 1.165) is 13.1 Å². The van der Waals surface area contributed by atoms with Crippen molar-refractivity contribution in [1.29, 1.82) is 0 Å². The molecule has 0 radical (unpaired) electrons. The summed E-state index contributed by atoms with van der Waals surface area (Å²) in [7, 11) is 0. The lowest BCUT2D eigenvalue weighted by Gasteiger charge is -2.22. The predicted octanol–water partition coefficient (Wildman–Crippen LogP) is 1.22. The number of amides is 1. The van der Waals surface area contributed by atoms with Crippen molar-refractivity contribution in [3.05, 3.63) is 0 Å². The second kappa shape index (κ2) is 6.25. The first kappa shape index (κ1) is 11.8. The van der Waals surface area contributed by atoms with Crippen LogP contribution in [0.4, 0.5) is 0 Å². The second-order valence-electron chi connectivity index (χ2n) is 3.67. The largest absolute Gasteiger partial charge is 0.354 e. The Morgan fingerprint density at radius 3 is 3.07 bits per heavy atom. The zero-order valence-corrected chi connectivity index (χ0v) is 9.52. The van der Waals surface area contributed by atoms with Crippen molar-refractivity contribution < 1.29 is 4.79 Å². The average molecular weight is 219 g/mol. The van der Waals surface area contributed by atoms with Crippen LogP contribution >= 0.6 is 11.6 Å². The van der Waals surface area contributed by atoms with Gasteiger partial charge in [-0.1, -0.05) is 6.92 Å². The van der Waals surface area contributed by atoms with Crippen LogP contribution in [0.15, 0.2) is 0 Å². The van der Waals surface area contributed by atoms with Crippen LogP contribution in [0.25, 0.3) is 0 Å². The van der Waals surface area contributed by atoms with E-state index in [4.69, 9.17) is 11.6 Å². The number of likely N-dealkylation sites (tertiary alicyclic amines) is 1. The van der Waals surface area contributed by atoms with E-state index in [1.54, 1.807) is 0 Å². The van der Waals surface area contributed by atoms with Crippen LogP contribution in [0.5, 0.6) is 0 Å². The third kappa shape index (κ3) is 3.46. The second-order valence-corrected chi connectivity index (χ2v) is 4.05. The van der Waals surface area contributed by atoms with E-state index >= 15 is 0 Å². The minimum atomic E-state index is 0.0722. The number of nitrogens with zero attached hydrogens (tertiary/aromatic N) is 1. The number of halogens is 1. The zero-order valence-electron chi connectivity index (χ0n) is 8.76. The molecular formula is C10H19ClN2O. The molecule has 1 unspecified atom stereocenters. The number of rotatable bonds is 5. The monoisotopic (exact) mass is 218 g/mol. The maximum absolute atomic E-state index is 11.2. The quantitative estimate of drug-likeness (QED) is 0.704. The summed E-state index contributed by atoms with van der Waals surface area (Å²) in [5, 5.41) is 2.92. The standard InChI is InChI=1S/C10H19ClN2O/c1-2-13-7-3-4-9(13)8-12-10(14)5-6-11/h9H,2-8H2,1H3,(H,12,14). The highest BCUT2D eigenvalue weighted by atomic mass is 35.5. The maximum Gasteiger partial charge on any atom is 0.221 e. The highest BCUT2D eigenvalue weighted by Crippen LogP contribution is 2.15. The fraction of sp³-hybridized carbons (Fsp3) is 0.900. The molecule has 0 bridgehead atoms. The first-order chi connectivity index (χ1) is 6.77. The van der Waals surface area contributed by atoms with Crippen molar-refractivity contribution in [3.63, 3.8) is 0 Å². The van der Waals surface area contributed by atoms with Gasteiger partial charge in [0, 0.05) is 24.9 Å². The van der Waals surface area contributed by atoms with E-state index in [0.29, 0.717) is 18.3 Å². The molecule has 4 heteroatoms. The molecule has 1 aliphatic heterocycles. The SMILES string of the molecule is CCN1CCCC1CNC(=O)CCCl. The summed E-state index contributed by atoms with van der Waals surface area (Å²) >= 11 is 5.48. The highest BCUT2D eigenvalue weighted by molar-refractivity contribution is 6.18. The molecule has 0 aliphatic carbocycles. The third-order valence-corrected chi connectivity index (χ3v) is 2.95. The highest BCUT2D eigenvalue weighted by Gasteiger charge is 2.22. The van der Waals surface area contributed by atoms with Gasteiger partial charge in [0.05, 0.1) is 0 Å². The number of carbonyl (C=O) groups is 1. The van der Waals surface area contributed by atoms with Gasteiger partial charge in [-0.15, -0.1) is 11.6 Å². The van der Waals surface area contributed by atoms with E-state index in [9.17, 15) is 4.79 Å². The van der Waals surface area contributed by atoms with Gasteiger partial charge in [-0.05, 0) is 25.9 Å². The minimum absolute atomic E-state index is 0.0722. The fourth-order valence-electron chi connectivity index (χ4n) is 1.95. The third-order valence-electron chi connectivity index (χ3n) is 2.76. The molecule has 1 heterocycles. The first-order valence-electron chi connectivity index (χ1n) is 5.34. The zero-order chi connectivity index (χ0) is 10.4. The lowest BCUT2D eigenvalue weighted by atomic mass is 10.2. The summed E-state index contributed by atoms with van der Waals surface area (Å²) in [5.74, 6) is 0.483. The summed E-state index contributed by atoms with van der Waals surface area (Å²) in [6.07, 6.45) is 2.89. The molecule has 0 aromatic carbocycles. The van der Waals surface area contributed by atoms with Crippen LogP contribution in [0.1, 0.15) is 26.2 Å². The Bertz CT molecular complexity index is 187. The van der Waals surface area contributed by atoms with E-state index in [1.807, 2.05) is 0 Å². The van der Waals surface area contributed by atoms with E-state index < -0.39 is 0 Å². The molecule has 0 aromatic rings. The molecule has 1 saturated heterocycles. The summed E-state index contributed by atoms with van der Waals surface area (Å²) < 4.78 is 0. The molecule has 82 valence electrons. The van der Waals surface area contributed by atoms with Gasteiger partial charge >= 0.3 is 0 Å². The van der Waals surface area contributed by atoms with Crippen molar-refractivity contribution >= 4 is 17.5 Å². The molecule has 1 aliphatic rings. The van der Waals surface area contributed by atoms with Crippen molar-refractivity contribution in [3.8, 4) is 0 Å². The summed E-state index contributed by atoms with van der Waals surface area (Å²) in [6.45, 7) is 5.20. The summed E-state index contributed by atoms with van der Waals surface area (Å²) in [4.78, 5) is 13.6. The van der Waals surface area contributed by atoms with Crippen molar-refractivity contribution in [2.75, 3.05) is 25.5 Å². The van der Waals surface area contributed by atoms with Crippen LogP contribution in [-0.2, 0) is 4.79 Å². The van der Waals surface area contributed by atoms with Gasteiger partial charge in [0.1, 0.15) is 0 Å². The van der Waals surface area contributed by atoms with Crippen molar-refractivity contribution in [2.24, 2.45) is 0 Å². The normalized spacial score (nSPS) is 22.6. The Morgan fingerprint density at radius 1 is 1.64 bits per heavy atom. The number of likely N-dealkylation sites (N-methyl/N-ethyl adjacent to an activating group) is 1. The Hall–Kier alpha value is -0.280. The fourth-order valence-corrected chi connectivity index (χ4v) is 2.12. The topological polar surface area (TPSA) is 32.3 Å². The van der Waals surface area contributed by atoms with Gasteiger partial charge in [-0.25, -0.2) is 0 Å². The maximum atomic E-state index is 11.2. The lowest BCUT2D eigenvalue weighted by Crippen LogP contribution is -2.40. The first-order valence-corrected chi connectivity index (χ1v) is 5.88. The van der Waals surface area contributed by atoms with E-state index in [-0.39, 0.29) is 5.91 Å². The molecule has 1 atom stereocenters. The molecule has 1 rings (SSSR count). The Morgan fingerprint density at radius 2 is 2.43 bits per heavy atom. The van der Waals surface area contributed by atoms with E-state index in [1.165, 1.54) is 19.4 Å². The molecule has 1 amide bonds. The van der Waals surface area contributed by atoms with Crippen LogP contribution < -0.4 is 5.32 Å². The molecule has 3 nitrogen and oxygen atoms in total. The van der Waals surface area contributed by atoms with Crippen LogP contribution in [-0.4, -0.2) is 42.4 Å². The molecular weight excluding hydrogens is 200 g/mol. The van der Waals surface area contributed by atoms with Gasteiger partial charge in [0.2, 0.25) is 5.91 Å². The van der Waals surface area contributed by atoms with E-state index in [2.05, 4.69) is 17.1 Å². The molecule has 0 aromatic heterocycles. The number of carbonyl (C=O) groups excluding carboxylic acids is 1. The van der Waals surface area contributed by atoms with Crippen LogP contribution in [0, 0.1) is 0 Å². The van der Waals surface area contributed by atoms with Crippen molar-refractivity contribution in [2.45, 2.75) is 32.2 Å². The Balaban J connectivity index is 2.20. The number of nitrogens with one attached hydrogen (secondary N) is 1. The molecule has 0 saturated carbocycles. The number of alkyl halides is 1. The van der Waals surface area contributed by atoms with Gasteiger partial charge in [0.15, 0.2) is 0 Å². The smallest absolute Gasteiger partial charge is 0.221 e. The van der Waals surface area contributed by atoms with Crippen LogP contribution in [0.2, 0.25) is 0 Å². The van der Waals surface area contributed by atoms with Gasteiger partial charge in [-0.3, -0.25) is 9.69 Å². The Labute approximate surface area is 90.8 Å². The minimum Gasteiger partial charge on any atom is -0.354 e. The molecule has 1 N–H and O–H groups in total. The predicted molar refractivity (Wildman–Crippen MR) is 58.6 cm³/mol. The lowest BCUT2D eigenvalue weighted by molar-refractivity contribution is -0.120. The summed E-state index contributed by atoms with van der Waals surface area (Å²) in [6, 6.07) is 0.541. The number of hydrogen-bond acceptors (Lipinski definition) is 2. The van der Waals surface area contributed by atoms with Gasteiger partial charge < -0.3 is 5.32 Å². The van der Waals surface area contributed by atoms with Gasteiger partial charge in [0.25, 0.3) is 0 Å². The van der Waals surface area contributed by atoms with Gasteiger partial charge in [-0.2, -0.15) is 0 Å². The molecule has 1 fully saturated rings. The Kier molecular flexibility index (Phi) is 5.26. The van der Waals surface area contributed by atoms with Crippen molar-refractivity contribution in [1.82, 2.24) is 10.2 Å². The molecule has 0 spiro atoms.